The smallest absolute Gasteiger partial charge is 0.412 e. The van der Waals surface area contributed by atoms with E-state index in [1.807, 2.05) is 6.92 Å². The Bertz CT molecular complexity index is 3060. The summed E-state index contributed by atoms with van der Waals surface area (Å²) in [4.78, 5) is 77.7. The average Bonchev–Trinajstić information content (AvgIpc) is 4.05. The number of allylic oxidation sites excluding steroid dienone is 4. The van der Waals surface area contributed by atoms with Gasteiger partial charge >= 0.3 is 6.09 Å². The number of primary amides is 2. The molecule has 69 heavy (non-hydrogen) atoms. The van der Waals surface area contributed by atoms with Crippen LogP contribution in [0.1, 0.15) is 78.4 Å². The molecule has 0 atom stereocenters. The molecule has 4 heterocycles. The van der Waals surface area contributed by atoms with Crippen molar-refractivity contribution in [3.8, 4) is 11.5 Å². The molecule has 0 radical (unpaired) electrons. The first-order chi connectivity index (χ1) is 32.7. The van der Waals surface area contributed by atoms with E-state index >= 15 is 0 Å². The number of anilines is 3. The van der Waals surface area contributed by atoms with Crippen LogP contribution < -0.4 is 37.9 Å². The van der Waals surface area contributed by atoms with E-state index in [-0.39, 0.29) is 76.5 Å². The monoisotopic (exact) mass is 945 g/mol. The fourth-order valence-electron chi connectivity index (χ4n) is 6.98. The molecule has 0 fully saturated rings. The first kappa shape index (κ1) is 49.7. The van der Waals surface area contributed by atoms with Gasteiger partial charge in [0.1, 0.15) is 46.1 Å². The summed E-state index contributed by atoms with van der Waals surface area (Å²) in [6.45, 7) is 13.4. The fourth-order valence-corrected chi connectivity index (χ4v) is 6.98. The number of aromatic hydroxyl groups is 1. The van der Waals surface area contributed by atoms with Crippen LogP contribution in [-0.4, -0.2) is 98.0 Å². The van der Waals surface area contributed by atoms with Crippen molar-refractivity contribution in [2.75, 3.05) is 29.1 Å². The van der Waals surface area contributed by atoms with E-state index in [0.29, 0.717) is 47.9 Å². The number of hydrogen-bond acceptors (Lipinski definition) is 14. The van der Waals surface area contributed by atoms with Crippen LogP contribution in [-0.2, 0) is 35.7 Å². The molecule has 0 aliphatic carbocycles. The highest BCUT2D eigenvalue weighted by Crippen LogP contribution is 2.33. The molecule has 4 aromatic heterocycles. The molecule has 0 aliphatic rings. The predicted octanol–water partition coefficient (Wildman–Crippen LogP) is 4.76. The highest BCUT2D eigenvalue weighted by atomic mass is 16.6. The summed E-state index contributed by atoms with van der Waals surface area (Å²) in [5.74, 6) is -2.64. The molecular formula is C46H55N15O8. The van der Waals surface area contributed by atoms with Crippen LogP contribution in [0.15, 0.2) is 83.8 Å². The number of phenols is 1. The Labute approximate surface area is 395 Å². The van der Waals surface area contributed by atoms with Gasteiger partial charge in [-0.05, 0) is 91.0 Å². The zero-order chi connectivity index (χ0) is 50.2. The van der Waals surface area contributed by atoms with Crippen LogP contribution in [0.4, 0.5) is 22.4 Å². The third-order valence-corrected chi connectivity index (χ3v) is 9.82. The van der Waals surface area contributed by atoms with Gasteiger partial charge in [-0.15, -0.1) is 0 Å². The summed E-state index contributed by atoms with van der Waals surface area (Å²) in [5.41, 5.74) is 19.4. The number of benzene rings is 2. The molecule has 0 saturated heterocycles. The summed E-state index contributed by atoms with van der Waals surface area (Å²) in [5, 5.41) is 28.1. The Morgan fingerprint density at radius 1 is 0.826 bits per heavy atom. The molecule has 5 amide bonds. The lowest BCUT2D eigenvalue weighted by atomic mass is 10.1. The Morgan fingerprint density at radius 3 is 2.07 bits per heavy atom. The van der Waals surface area contributed by atoms with Crippen LogP contribution in [0.25, 0.3) is 22.1 Å². The third kappa shape index (κ3) is 12.4. The van der Waals surface area contributed by atoms with E-state index in [0.717, 1.165) is 0 Å². The first-order valence-corrected chi connectivity index (χ1v) is 21.7. The van der Waals surface area contributed by atoms with Gasteiger partial charge in [0.25, 0.3) is 11.8 Å². The molecular weight excluding hydrogens is 891 g/mol. The number of ether oxygens (including phenoxy) is 2. The maximum atomic E-state index is 13.8. The van der Waals surface area contributed by atoms with Crippen molar-refractivity contribution in [1.82, 2.24) is 38.7 Å². The lowest BCUT2D eigenvalue weighted by Gasteiger charge is -2.19. The lowest BCUT2D eigenvalue weighted by molar-refractivity contribution is -0.110. The molecule has 2 aromatic carbocycles. The van der Waals surface area contributed by atoms with Crippen LogP contribution in [0.2, 0.25) is 0 Å². The van der Waals surface area contributed by atoms with Crippen LogP contribution in [0, 0.1) is 6.92 Å². The molecule has 23 nitrogen and oxygen atoms in total. The number of nitrogens with zero attached hydrogens (tertiary/aromatic N) is 9. The molecule has 362 valence electrons. The van der Waals surface area contributed by atoms with Crippen molar-refractivity contribution in [3.63, 3.8) is 0 Å². The van der Waals surface area contributed by atoms with E-state index < -0.39 is 35.3 Å². The fraction of sp³-hybridized carbons (Fsp3) is 0.304. The number of carbonyl (C=O) groups is 5. The largest absolute Gasteiger partial charge is 0.506 e. The predicted molar refractivity (Wildman–Crippen MR) is 259 cm³/mol. The molecule has 0 aliphatic heterocycles. The summed E-state index contributed by atoms with van der Waals surface area (Å²) >= 11 is 0. The quantitative estimate of drug-likeness (QED) is 0.0426. The van der Waals surface area contributed by atoms with Crippen molar-refractivity contribution >= 4 is 75.1 Å². The number of nitrogens with two attached hydrogens (primary N) is 3. The molecule has 0 saturated carbocycles. The van der Waals surface area contributed by atoms with Crippen LogP contribution >= 0.6 is 0 Å². The Kier molecular flexibility index (Phi) is 15.3. The van der Waals surface area contributed by atoms with Gasteiger partial charge in [0.15, 0.2) is 0 Å². The number of amides is 5. The van der Waals surface area contributed by atoms with E-state index in [9.17, 15) is 29.1 Å². The van der Waals surface area contributed by atoms with Gasteiger partial charge in [0.2, 0.25) is 23.7 Å². The summed E-state index contributed by atoms with van der Waals surface area (Å²) in [7, 11) is 0. The number of fused-ring (bicyclic) bond motifs is 2. The summed E-state index contributed by atoms with van der Waals surface area (Å²) < 4.78 is 17.9. The second-order valence-electron chi connectivity index (χ2n) is 16.5. The second-order valence-corrected chi connectivity index (χ2v) is 16.5. The molecule has 6 rings (SSSR count). The summed E-state index contributed by atoms with van der Waals surface area (Å²) in [6.07, 6.45) is 10.9. The SMILES string of the molecule is CCN=C(/C=C(/C)N)C(=O)Nc1nc2cc(C(N)=O)cc(O)c2n1C/C=C/Cn1c(NC(=O)c2cc(C)nn2CC)nc2cc(C(N)=O)cc(OC/C=C/Cn3cc(NC(=O)OC(C)(C)C)cn3)c21. The lowest BCUT2D eigenvalue weighted by Crippen LogP contribution is -2.27. The van der Waals surface area contributed by atoms with Gasteiger partial charge in [-0.3, -0.25) is 49.5 Å². The maximum Gasteiger partial charge on any atom is 0.412 e. The first-order valence-electron chi connectivity index (χ1n) is 21.7. The number of aromatic nitrogens is 8. The van der Waals surface area contributed by atoms with Crippen molar-refractivity contribution in [1.29, 1.82) is 0 Å². The topological polar surface area (TPSA) is 322 Å². The second kappa shape index (κ2) is 21.3. The van der Waals surface area contributed by atoms with Crippen molar-refractivity contribution in [2.24, 2.45) is 22.2 Å². The Morgan fingerprint density at radius 2 is 1.45 bits per heavy atom. The minimum atomic E-state index is -0.793. The van der Waals surface area contributed by atoms with Gasteiger partial charge in [-0.25, -0.2) is 14.8 Å². The minimum Gasteiger partial charge on any atom is -0.506 e. The zero-order valence-corrected chi connectivity index (χ0v) is 39.2. The van der Waals surface area contributed by atoms with Crippen molar-refractivity contribution < 1.29 is 38.6 Å². The normalized spacial score (nSPS) is 12.3. The maximum absolute atomic E-state index is 13.8. The van der Waals surface area contributed by atoms with E-state index in [1.54, 1.807) is 92.0 Å². The number of carbonyl (C=O) groups excluding carboxylic acids is 5. The van der Waals surface area contributed by atoms with Gasteiger partial charge in [0, 0.05) is 49.2 Å². The van der Waals surface area contributed by atoms with E-state index in [4.69, 9.17) is 31.7 Å². The van der Waals surface area contributed by atoms with Gasteiger partial charge in [0.05, 0.1) is 35.2 Å². The highest BCUT2D eigenvalue weighted by Gasteiger charge is 2.23. The summed E-state index contributed by atoms with van der Waals surface area (Å²) in [6, 6.07) is 7.23. The number of aliphatic imine (C=N–C) groups is 1. The van der Waals surface area contributed by atoms with Crippen LogP contribution in [0.3, 0.4) is 0 Å². The number of imidazole rings is 2. The highest BCUT2D eigenvalue weighted by molar-refractivity contribution is 6.47. The molecule has 0 unspecified atom stereocenters. The van der Waals surface area contributed by atoms with Gasteiger partial charge in [-0.1, -0.05) is 18.2 Å². The molecule has 23 heteroatoms. The molecule has 0 spiro atoms. The van der Waals surface area contributed by atoms with Gasteiger partial charge < -0.3 is 40.9 Å². The van der Waals surface area contributed by atoms with E-state index in [1.165, 1.54) is 41.1 Å². The standard InChI is InChI=1S/C46H55N15O8/c1-8-50-33(18-26(3)47)41(65)55-43-53-31-20-28(39(48)63)22-35(62)37(31)59(43)15-10-11-16-60-38-32(54-44(60)56-42(66)34-19-27(4)57-61(34)9-2)21-29(40(49)64)23-36(38)68-17-13-12-14-58-25-30(24-51-58)52-45(67)69-46(5,6)7/h10-13,18-25,62H,8-9,14-17,47H2,1-7H3,(H2,48,63)(H2,49,64)(H,52,67)(H,53,55,65)(H,54,56,66)/b11-10+,13-12+,26-18-,50-33?. The molecule has 10 N–H and O–H groups in total. The van der Waals surface area contributed by atoms with Gasteiger partial charge in [-0.2, -0.15) is 10.2 Å². The third-order valence-electron chi connectivity index (χ3n) is 9.82. The van der Waals surface area contributed by atoms with Crippen molar-refractivity contribution in [2.45, 2.75) is 80.2 Å². The number of aryl methyl sites for hydroxylation is 2. The van der Waals surface area contributed by atoms with E-state index in [2.05, 4.69) is 36.1 Å². The molecule has 0 bridgehead atoms. The number of phenolic OH excluding ortho intramolecular Hbond substituents is 1. The molecule has 6 aromatic rings. The zero-order valence-electron chi connectivity index (χ0n) is 39.2. The number of rotatable bonds is 19. The number of nitrogens with one attached hydrogen (secondary N) is 3. The van der Waals surface area contributed by atoms with Crippen molar-refractivity contribution in [3.05, 3.63) is 101 Å². The Balaban J connectivity index is 1.33. The minimum absolute atomic E-state index is 0.000832. The number of hydrogen-bond donors (Lipinski definition) is 7. The van der Waals surface area contributed by atoms with Crippen LogP contribution in [0.5, 0.6) is 11.5 Å². The average molecular weight is 946 g/mol. The Hall–Kier alpha value is -8.76.